The first-order valence-corrected chi connectivity index (χ1v) is 6.12. The van der Waals surface area contributed by atoms with E-state index >= 15 is 0 Å². The summed E-state index contributed by atoms with van der Waals surface area (Å²) in [4.78, 5) is 1.98. The monoisotopic (exact) mass is 238 g/mol. The van der Waals surface area contributed by atoms with Gasteiger partial charge in [-0.2, -0.15) is 0 Å². The molecule has 0 atom stereocenters. The van der Waals surface area contributed by atoms with Gasteiger partial charge in [-0.25, -0.2) is 4.39 Å². The first-order valence-electron chi connectivity index (χ1n) is 6.12. The zero-order valence-corrected chi connectivity index (χ0v) is 11.3. The molecule has 0 spiro atoms. The molecule has 3 heteroatoms. The van der Waals surface area contributed by atoms with Crippen molar-refractivity contribution in [2.75, 3.05) is 31.6 Å². The number of benzene rings is 1. The van der Waals surface area contributed by atoms with Crippen LogP contribution in [-0.4, -0.2) is 26.7 Å². The fourth-order valence-corrected chi connectivity index (χ4v) is 2.01. The Labute approximate surface area is 104 Å². The molecule has 0 radical (unpaired) electrons. The maximum atomic E-state index is 13.6. The van der Waals surface area contributed by atoms with E-state index in [-0.39, 0.29) is 11.2 Å². The van der Waals surface area contributed by atoms with Crippen LogP contribution >= 0.6 is 0 Å². The van der Waals surface area contributed by atoms with Crippen molar-refractivity contribution in [3.05, 3.63) is 30.1 Å². The van der Waals surface area contributed by atoms with E-state index in [1.807, 2.05) is 24.1 Å². The highest BCUT2D eigenvalue weighted by molar-refractivity contribution is 5.46. The SMILES string of the molecule is CCNCC(C)(C)CN(C)c1ccccc1F. The quantitative estimate of drug-likeness (QED) is 0.819. The molecule has 0 unspecified atom stereocenters. The number of rotatable bonds is 6. The number of hydrogen-bond acceptors (Lipinski definition) is 2. The predicted octanol–water partition coefficient (Wildman–Crippen LogP) is 2.90. The molecule has 0 saturated carbocycles. The molecule has 0 aliphatic heterocycles. The second kappa shape index (κ2) is 6.01. The van der Waals surface area contributed by atoms with E-state index in [4.69, 9.17) is 0 Å². The van der Waals surface area contributed by atoms with Gasteiger partial charge in [0.2, 0.25) is 0 Å². The highest BCUT2D eigenvalue weighted by Gasteiger charge is 2.20. The van der Waals surface area contributed by atoms with Gasteiger partial charge in [0.05, 0.1) is 5.69 Å². The third-order valence-electron chi connectivity index (χ3n) is 2.78. The van der Waals surface area contributed by atoms with Gasteiger partial charge < -0.3 is 10.2 Å². The van der Waals surface area contributed by atoms with Crippen LogP contribution in [0.5, 0.6) is 0 Å². The molecule has 96 valence electrons. The van der Waals surface area contributed by atoms with Crippen LogP contribution in [0, 0.1) is 11.2 Å². The molecule has 1 rings (SSSR count). The van der Waals surface area contributed by atoms with Gasteiger partial charge in [0.1, 0.15) is 5.82 Å². The Kier molecular flexibility index (Phi) is 4.94. The molecule has 0 saturated heterocycles. The van der Waals surface area contributed by atoms with Crippen molar-refractivity contribution in [1.82, 2.24) is 5.32 Å². The van der Waals surface area contributed by atoms with Gasteiger partial charge >= 0.3 is 0 Å². The highest BCUT2D eigenvalue weighted by atomic mass is 19.1. The predicted molar refractivity (Wildman–Crippen MR) is 72.0 cm³/mol. The smallest absolute Gasteiger partial charge is 0.146 e. The van der Waals surface area contributed by atoms with E-state index in [9.17, 15) is 4.39 Å². The molecule has 0 bridgehead atoms. The van der Waals surface area contributed by atoms with E-state index in [2.05, 4.69) is 26.1 Å². The minimum Gasteiger partial charge on any atom is -0.372 e. The van der Waals surface area contributed by atoms with Crippen LogP contribution < -0.4 is 10.2 Å². The van der Waals surface area contributed by atoms with Crippen LogP contribution in [0.3, 0.4) is 0 Å². The summed E-state index contributed by atoms with van der Waals surface area (Å²) in [5.74, 6) is -0.158. The maximum Gasteiger partial charge on any atom is 0.146 e. The second-order valence-corrected chi connectivity index (χ2v) is 5.25. The summed E-state index contributed by atoms with van der Waals surface area (Å²) < 4.78 is 13.6. The Bertz CT molecular complexity index is 350. The minimum atomic E-state index is -0.158. The molecule has 0 heterocycles. The fraction of sp³-hybridized carbons (Fsp3) is 0.571. The summed E-state index contributed by atoms with van der Waals surface area (Å²) in [6, 6.07) is 6.91. The average Bonchev–Trinajstić information content (AvgIpc) is 2.26. The Hall–Kier alpha value is -1.09. The molecule has 17 heavy (non-hydrogen) atoms. The molecule has 0 aromatic heterocycles. The van der Waals surface area contributed by atoms with E-state index in [0.717, 1.165) is 19.6 Å². The van der Waals surface area contributed by atoms with Gasteiger partial charge in [-0.15, -0.1) is 0 Å². The molecule has 1 aromatic rings. The van der Waals surface area contributed by atoms with Crippen molar-refractivity contribution in [2.24, 2.45) is 5.41 Å². The molecule has 2 nitrogen and oxygen atoms in total. The Morgan fingerprint density at radius 2 is 1.94 bits per heavy atom. The summed E-state index contributed by atoms with van der Waals surface area (Å²) in [6.07, 6.45) is 0. The lowest BCUT2D eigenvalue weighted by molar-refractivity contribution is 0.349. The van der Waals surface area contributed by atoms with Crippen LogP contribution in [0.4, 0.5) is 10.1 Å². The second-order valence-electron chi connectivity index (χ2n) is 5.25. The van der Waals surface area contributed by atoms with Crippen LogP contribution in [-0.2, 0) is 0 Å². The van der Waals surface area contributed by atoms with Gasteiger partial charge in [0.15, 0.2) is 0 Å². The minimum absolute atomic E-state index is 0.118. The van der Waals surface area contributed by atoms with Gasteiger partial charge in [-0.3, -0.25) is 0 Å². The highest BCUT2D eigenvalue weighted by Crippen LogP contribution is 2.22. The third-order valence-corrected chi connectivity index (χ3v) is 2.78. The first-order chi connectivity index (χ1) is 7.96. The van der Waals surface area contributed by atoms with Crippen molar-refractivity contribution in [1.29, 1.82) is 0 Å². The van der Waals surface area contributed by atoms with E-state index in [0.29, 0.717) is 5.69 Å². The van der Waals surface area contributed by atoms with Crippen molar-refractivity contribution in [3.8, 4) is 0 Å². The molecular weight excluding hydrogens is 215 g/mol. The van der Waals surface area contributed by atoms with Crippen LogP contribution in [0.15, 0.2) is 24.3 Å². The lowest BCUT2D eigenvalue weighted by Gasteiger charge is -2.32. The number of nitrogens with one attached hydrogen (secondary N) is 1. The van der Waals surface area contributed by atoms with Gasteiger partial charge in [0, 0.05) is 20.1 Å². The number of anilines is 1. The number of halogens is 1. The molecule has 0 fully saturated rings. The average molecular weight is 238 g/mol. The van der Waals surface area contributed by atoms with Crippen LogP contribution in [0.1, 0.15) is 20.8 Å². The molecule has 0 aliphatic carbocycles. The van der Waals surface area contributed by atoms with E-state index < -0.39 is 0 Å². The Morgan fingerprint density at radius 1 is 1.29 bits per heavy atom. The summed E-state index contributed by atoms with van der Waals surface area (Å²) in [7, 11) is 1.94. The molecule has 0 amide bonds. The standard InChI is InChI=1S/C14H23FN2/c1-5-16-10-14(2,3)11-17(4)13-9-7-6-8-12(13)15/h6-9,16H,5,10-11H2,1-4H3. The maximum absolute atomic E-state index is 13.6. The summed E-state index contributed by atoms with van der Waals surface area (Å²) in [5, 5.41) is 3.34. The number of para-hydroxylation sites is 1. The van der Waals surface area contributed by atoms with Crippen molar-refractivity contribution >= 4 is 5.69 Å². The normalized spacial score (nSPS) is 11.6. The fourth-order valence-electron chi connectivity index (χ4n) is 2.01. The zero-order chi connectivity index (χ0) is 12.9. The Morgan fingerprint density at radius 3 is 2.53 bits per heavy atom. The van der Waals surface area contributed by atoms with Crippen LogP contribution in [0.2, 0.25) is 0 Å². The van der Waals surface area contributed by atoms with Crippen molar-refractivity contribution < 1.29 is 4.39 Å². The van der Waals surface area contributed by atoms with E-state index in [1.165, 1.54) is 6.07 Å². The summed E-state index contributed by atoms with van der Waals surface area (Å²) in [5.41, 5.74) is 0.782. The lowest BCUT2D eigenvalue weighted by atomic mass is 9.92. The molecule has 1 N–H and O–H groups in total. The molecular formula is C14H23FN2. The number of nitrogens with zero attached hydrogens (tertiary/aromatic N) is 1. The third kappa shape index (κ3) is 4.35. The zero-order valence-electron chi connectivity index (χ0n) is 11.3. The number of hydrogen-bond donors (Lipinski definition) is 1. The largest absolute Gasteiger partial charge is 0.372 e. The van der Waals surface area contributed by atoms with Gasteiger partial charge in [-0.05, 0) is 24.1 Å². The molecule has 0 aliphatic rings. The summed E-state index contributed by atoms with van der Waals surface area (Å²) >= 11 is 0. The van der Waals surface area contributed by atoms with Crippen molar-refractivity contribution in [2.45, 2.75) is 20.8 Å². The Balaban J connectivity index is 2.65. The summed E-state index contributed by atoms with van der Waals surface area (Å²) in [6.45, 7) is 9.19. The molecule has 1 aromatic carbocycles. The van der Waals surface area contributed by atoms with Gasteiger partial charge in [-0.1, -0.05) is 32.9 Å². The van der Waals surface area contributed by atoms with Gasteiger partial charge in [0.25, 0.3) is 0 Å². The van der Waals surface area contributed by atoms with Crippen molar-refractivity contribution in [3.63, 3.8) is 0 Å². The van der Waals surface area contributed by atoms with Crippen LogP contribution in [0.25, 0.3) is 0 Å². The lowest BCUT2D eigenvalue weighted by Crippen LogP contribution is -2.39. The van der Waals surface area contributed by atoms with E-state index in [1.54, 1.807) is 6.07 Å². The first kappa shape index (κ1) is 14.0. The topological polar surface area (TPSA) is 15.3 Å².